The van der Waals surface area contributed by atoms with Crippen LogP contribution in [-0.2, 0) is 9.59 Å². The van der Waals surface area contributed by atoms with Crippen molar-refractivity contribution in [2.45, 2.75) is 0 Å². The van der Waals surface area contributed by atoms with Gasteiger partial charge in [-0.3, -0.25) is 19.7 Å². The molecule has 2 N–H and O–H groups in total. The van der Waals surface area contributed by atoms with Crippen LogP contribution < -0.4 is 10.6 Å². The van der Waals surface area contributed by atoms with Gasteiger partial charge in [0.15, 0.2) is 0 Å². The van der Waals surface area contributed by atoms with Gasteiger partial charge in [0.2, 0.25) is 5.91 Å². The van der Waals surface area contributed by atoms with E-state index in [0.717, 1.165) is 9.65 Å². The van der Waals surface area contributed by atoms with Gasteiger partial charge in [-0.05, 0) is 46.5 Å². The Hall–Kier alpha value is -1.35. The fraction of sp³-hybridized carbons (Fsp3) is 0. The van der Waals surface area contributed by atoms with Gasteiger partial charge in [0.1, 0.15) is 0 Å². The molecule has 0 unspecified atom stereocenters. The summed E-state index contributed by atoms with van der Waals surface area (Å²) in [7, 11) is 0. The summed E-state index contributed by atoms with van der Waals surface area (Å²) in [6.45, 7) is 0. The van der Waals surface area contributed by atoms with Crippen LogP contribution >= 0.6 is 34.4 Å². The van der Waals surface area contributed by atoms with E-state index in [0.29, 0.717) is 17.4 Å². The molecule has 1 heterocycles. The predicted molar refractivity (Wildman–Crippen MR) is 77.0 cm³/mol. The number of imide groups is 1. The fourth-order valence-corrected chi connectivity index (χ4v) is 2.45. The van der Waals surface area contributed by atoms with E-state index in [9.17, 15) is 14.4 Å². The average molecular weight is 374 g/mol. The van der Waals surface area contributed by atoms with Crippen LogP contribution in [0.2, 0.25) is 0 Å². The van der Waals surface area contributed by atoms with E-state index in [1.165, 1.54) is 0 Å². The van der Waals surface area contributed by atoms with Gasteiger partial charge in [0, 0.05) is 9.65 Å². The molecule has 0 aliphatic carbocycles. The topological polar surface area (TPSA) is 75.3 Å². The van der Waals surface area contributed by atoms with Crippen molar-refractivity contribution in [3.63, 3.8) is 0 Å². The molecule has 1 saturated heterocycles. The third kappa shape index (κ3) is 3.10. The molecule has 3 amide bonds. The molecule has 0 saturated carbocycles. The van der Waals surface area contributed by atoms with Gasteiger partial charge in [0.25, 0.3) is 11.1 Å². The maximum Gasteiger partial charge on any atom is 0.290 e. The lowest BCUT2D eigenvalue weighted by Crippen LogP contribution is -2.19. The first-order chi connectivity index (χ1) is 8.56. The maximum absolute atomic E-state index is 11.7. The lowest BCUT2D eigenvalue weighted by molar-refractivity contribution is -0.116. The van der Waals surface area contributed by atoms with Crippen molar-refractivity contribution in [3.05, 3.63) is 38.8 Å². The summed E-state index contributed by atoms with van der Waals surface area (Å²) in [4.78, 5) is 33.9. The Morgan fingerprint density at radius 3 is 2.67 bits per heavy atom. The molecular weight excluding hydrogens is 367 g/mol. The van der Waals surface area contributed by atoms with E-state index >= 15 is 0 Å². The molecule has 1 aliphatic heterocycles. The monoisotopic (exact) mass is 374 g/mol. The van der Waals surface area contributed by atoms with E-state index in [1.807, 2.05) is 12.1 Å². The lowest BCUT2D eigenvalue weighted by Gasteiger charge is -2.04. The van der Waals surface area contributed by atoms with Crippen LogP contribution in [0.25, 0.3) is 0 Å². The molecular formula is C11H7IN2O3S. The SMILES string of the molecule is O=C(/C=C1\SC(=O)NC1=O)Nc1ccccc1I. The van der Waals surface area contributed by atoms with Gasteiger partial charge in [0.05, 0.1) is 10.6 Å². The normalized spacial score (nSPS) is 16.8. The Morgan fingerprint density at radius 1 is 1.33 bits per heavy atom. The summed E-state index contributed by atoms with van der Waals surface area (Å²) in [6, 6.07) is 7.26. The van der Waals surface area contributed by atoms with Gasteiger partial charge in [-0.2, -0.15) is 0 Å². The van der Waals surface area contributed by atoms with Crippen LogP contribution in [0, 0.1) is 3.57 Å². The molecule has 5 nitrogen and oxygen atoms in total. The van der Waals surface area contributed by atoms with Crippen molar-refractivity contribution in [2.24, 2.45) is 0 Å². The number of carbonyl (C=O) groups excluding carboxylic acids is 3. The van der Waals surface area contributed by atoms with Gasteiger partial charge < -0.3 is 5.32 Å². The largest absolute Gasteiger partial charge is 0.321 e. The second-order valence-electron chi connectivity index (χ2n) is 3.32. The average Bonchev–Trinajstić information content (AvgIpc) is 2.61. The molecule has 1 aliphatic rings. The number of halogens is 1. The number of benzene rings is 1. The number of nitrogens with one attached hydrogen (secondary N) is 2. The quantitative estimate of drug-likeness (QED) is 0.614. The zero-order valence-corrected chi connectivity index (χ0v) is 11.9. The summed E-state index contributed by atoms with van der Waals surface area (Å²) in [5.41, 5.74) is 0.662. The molecule has 18 heavy (non-hydrogen) atoms. The molecule has 0 spiro atoms. The highest BCUT2D eigenvalue weighted by Crippen LogP contribution is 2.23. The summed E-state index contributed by atoms with van der Waals surface area (Å²) < 4.78 is 0.890. The Labute approximate surface area is 121 Å². The Kier molecular flexibility index (Phi) is 4.02. The first-order valence-electron chi connectivity index (χ1n) is 4.86. The number of amides is 3. The van der Waals surface area contributed by atoms with Gasteiger partial charge in [-0.15, -0.1) is 0 Å². The number of hydrogen-bond donors (Lipinski definition) is 2. The van der Waals surface area contributed by atoms with Gasteiger partial charge in [-0.25, -0.2) is 0 Å². The van der Waals surface area contributed by atoms with Crippen LogP contribution in [0.3, 0.4) is 0 Å². The van der Waals surface area contributed by atoms with Crippen LogP contribution in [0.4, 0.5) is 10.5 Å². The smallest absolute Gasteiger partial charge is 0.290 e. The lowest BCUT2D eigenvalue weighted by atomic mass is 10.3. The third-order valence-electron chi connectivity index (χ3n) is 2.04. The van der Waals surface area contributed by atoms with E-state index in [2.05, 4.69) is 33.2 Å². The summed E-state index contributed by atoms with van der Waals surface area (Å²) in [5.74, 6) is -0.977. The third-order valence-corrected chi connectivity index (χ3v) is 3.79. The highest BCUT2D eigenvalue weighted by molar-refractivity contribution is 14.1. The Morgan fingerprint density at radius 2 is 2.06 bits per heavy atom. The molecule has 7 heteroatoms. The highest BCUT2D eigenvalue weighted by Gasteiger charge is 2.25. The van der Waals surface area contributed by atoms with Crippen molar-refractivity contribution in [1.29, 1.82) is 0 Å². The number of para-hydroxylation sites is 1. The minimum atomic E-state index is -0.539. The van der Waals surface area contributed by atoms with Crippen molar-refractivity contribution in [1.82, 2.24) is 5.32 Å². The molecule has 0 atom stereocenters. The first kappa shape index (κ1) is 13.1. The molecule has 0 bridgehead atoms. The van der Waals surface area contributed by atoms with Crippen molar-refractivity contribution < 1.29 is 14.4 Å². The molecule has 1 aromatic carbocycles. The van der Waals surface area contributed by atoms with E-state index < -0.39 is 17.1 Å². The Balaban J connectivity index is 2.10. The maximum atomic E-state index is 11.7. The van der Waals surface area contributed by atoms with Gasteiger partial charge in [-0.1, -0.05) is 12.1 Å². The molecule has 92 valence electrons. The molecule has 0 radical (unpaired) electrons. The first-order valence-corrected chi connectivity index (χ1v) is 6.76. The van der Waals surface area contributed by atoms with Crippen molar-refractivity contribution in [3.8, 4) is 0 Å². The predicted octanol–water partition coefficient (Wildman–Crippen LogP) is 2.10. The number of anilines is 1. The van der Waals surface area contributed by atoms with E-state index in [1.54, 1.807) is 12.1 Å². The van der Waals surface area contributed by atoms with E-state index in [-0.39, 0.29) is 4.91 Å². The second-order valence-corrected chi connectivity index (χ2v) is 5.50. The summed E-state index contributed by atoms with van der Waals surface area (Å²) in [6.07, 6.45) is 1.12. The summed E-state index contributed by atoms with van der Waals surface area (Å²) >= 11 is 2.81. The molecule has 1 aromatic rings. The number of thioether (sulfide) groups is 1. The number of hydrogen-bond acceptors (Lipinski definition) is 4. The van der Waals surface area contributed by atoms with Crippen LogP contribution in [0.1, 0.15) is 0 Å². The molecule has 2 rings (SSSR count). The fourth-order valence-electron chi connectivity index (χ4n) is 1.27. The Bertz CT molecular complexity index is 571. The zero-order valence-electron chi connectivity index (χ0n) is 8.90. The van der Waals surface area contributed by atoms with Crippen LogP contribution in [0.15, 0.2) is 35.2 Å². The van der Waals surface area contributed by atoms with Crippen molar-refractivity contribution in [2.75, 3.05) is 5.32 Å². The van der Waals surface area contributed by atoms with E-state index in [4.69, 9.17) is 0 Å². The minimum absolute atomic E-state index is 0.100. The highest BCUT2D eigenvalue weighted by atomic mass is 127. The molecule has 0 aromatic heterocycles. The second kappa shape index (κ2) is 5.53. The van der Waals surface area contributed by atoms with Crippen molar-refractivity contribution >= 4 is 57.1 Å². The van der Waals surface area contributed by atoms with Crippen LogP contribution in [-0.4, -0.2) is 17.1 Å². The van der Waals surface area contributed by atoms with Crippen LogP contribution in [0.5, 0.6) is 0 Å². The summed E-state index contributed by atoms with van der Waals surface area (Å²) in [5, 5.41) is 4.26. The standard InChI is InChI=1S/C11H7IN2O3S/c12-6-3-1-2-4-7(6)13-9(15)5-8-10(16)14-11(17)18-8/h1-5H,(H,13,15)(H,14,16,17)/b8-5-. The number of rotatable bonds is 2. The minimum Gasteiger partial charge on any atom is -0.321 e. The zero-order chi connectivity index (χ0) is 13.1. The number of carbonyl (C=O) groups is 3. The van der Waals surface area contributed by atoms with Gasteiger partial charge >= 0.3 is 0 Å². The molecule has 1 fully saturated rings.